The topological polar surface area (TPSA) is 132 Å². The van der Waals surface area contributed by atoms with Crippen LogP contribution in [-0.2, 0) is 21.8 Å². The minimum Gasteiger partial charge on any atom is -0.366 e. The third-order valence-corrected chi connectivity index (χ3v) is 6.03. The number of halogens is 3. The van der Waals surface area contributed by atoms with Crippen molar-refractivity contribution in [2.45, 2.75) is 29.3 Å². The molecule has 0 aliphatic carbocycles. The summed E-state index contributed by atoms with van der Waals surface area (Å²) in [5, 5.41) is 18.1. The zero-order valence-electron chi connectivity index (χ0n) is 15.4. The van der Waals surface area contributed by atoms with E-state index in [4.69, 9.17) is 5.73 Å². The summed E-state index contributed by atoms with van der Waals surface area (Å²) < 4.78 is 63.9. The Balaban J connectivity index is 2.22. The molecule has 0 fully saturated rings. The number of nitrogens with zero attached hydrogens (tertiary/aromatic N) is 4. The second kappa shape index (κ2) is 7.10. The molecular weight excluding hydrogens is 423 g/mol. The fraction of sp³-hybridized carbons (Fsp3) is 0.222. The minimum absolute atomic E-state index is 0.244. The van der Waals surface area contributed by atoms with Crippen molar-refractivity contribution >= 4 is 26.8 Å². The highest BCUT2D eigenvalue weighted by atomic mass is 32.2. The number of hydrogen-bond donors (Lipinski definition) is 1. The van der Waals surface area contributed by atoms with Crippen LogP contribution in [0.4, 0.5) is 13.2 Å². The van der Waals surface area contributed by atoms with Crippen molar-refractivity contribution in [1.29, 1.82) is 5.26 Å². The first-order valence-corrected chi connectivity index (χ1v) is 9.84. The van der Waals surface area contributed by atoms with Gasteiger partial charge in [-0.1, -0.05) is 12.1 Å². The SMILES string of the molecule is CC(C#N)(Cn1nc2ccccc2n1)c1cc(C(N)=O)ccc1S(=O)(=O)C(F)(F)F. The predicted molar refractivity (Wildman–Crippen MR) is 98.7 cm³/mol. The fourth-order valence-electron chi connectivity index (χ4n) is 2.91. The largest absolute Gasteiger partial charge is 0.501 e. The molecule has 1 unspecified atom stereocenters. The van der Waals surface area contributed by atoms with Crippen molar-refractivity contribution < 1.29 is 26.4 Å². The highest BCUT2D eigenvalue weighted by Crippen LogP contribution is 2.38. The standard InChI is InChI=1S/C18H14F3N5O3S/c1-17(9-22,10-26-24-13-4-2-3-5-14(13)25-26)12-8-11(16(23)27)6-7-15(12)30(28,29)18(19,20)21/h2-8H,10H2,1H3,(H2,23,27). The van der Waals surface area contributed by atoms with Gasteiger partial charge < -0.3 is 5.73 Å². The molecule has 156 valence electrons. The van der Waals surface area contributed by atoms with Crippen LogP contribution in [-0.4, -0.2) is 34.8 Å². The normalized spacial score (nSPS) is 14.2. The molecular formula is C18H14F3N5O3S. The summed E-state index contributed by atoms with van der Waals surface area (Å²) in [7, 11) is -5.81. The number of sulfone groups is 1. The van der Waals surface area contributed by atoms with Crippen LogP contribution in [0.15, 0.2) is 47.4 Å². The van der Waals surface area contributed by atoms with Crippen molar-refractivity contribution in [1.82, 2.24) is 15.0 Å². The van der Waals surface area contributed by atoms with E-state index in [2.05, 4.69) is 10.2 Å². The van der Waals surface area contributed by atoms with E-state index in [1.54, 1.807) is 24.3 Å². The monoisotopic (exact) mass is 437 g/mol. The van der Waals surface area contributed by atoms with E-state index >= 15 is 0 Å². The van der Waals surface area contributed by atoms with Crippen molar-refractivity contribution in [3.8, 4) is 6.07 Å². The van der Waals surface area contributed by atoms with Gasteiger partial charge in [0, 0.05) is 5.56 Å². The third-order valence-electron chi connectivity index (χ3n) is 4.49. The average Bonchev–Trinajstić information content (AvgIpc) is 3.08. The van der Waals surface area contributed by atoms with E-state index in [1.807, 2.05) is 6.07 Å². The van der Waals surface area contributed by atoms with Crippen LogP contribution >= 0.6 is 0 Å². The maximum Gasteiger partial charge on any atom is 0.501 e. The lowest BCUT2D eigenvalue weighted by molar-refractivity contribution is -0.0436. The molecule has 1 amide bonds. The first-order chi connectivity index (χ1) is 13.9. The summed E-state index contributed by atoms with van der Waals surface area (Å²) in [6.07, 6.45) is 0. The number of rotatable bonds is 5. The van der Waals surface area contributed by atoms with Gasteiger partial charge in [-0.25, -0.2) is 8.42 Å². The average molecular weight is 437 g/mol. The highest BCUT2D eigenvalue weighted by molar-refractivity contribution is 7.92. The molecule has 0 saturated heterocycles. The van der Waals surface area contributed by atoms with Crippen LogP contribution in [0, 0.1) is 11.3 Å². The molecule has 8 nitrogen and oxygen atoms in total. The van der Waals surface area contributed by atoms with Gasteiger partial charge in [-0.3, -0.25) is 4.79 Å². The lowest BCUT2D eigenvalue weighted by Gasteiger charge is -2.25. The maximum atomic E-state index is 13.2. The molecule has 0 spiro atoms. The first-order valence-electron chi connectivity index (χ1n) is 8.36. The summed E-state index contributed by atoms with van der Waals surface area (Å²) in [5.74, 6) is -0.990. The van der Waals surface area contributed by atoms with E-state index in [-0.39, 0.29) is 12.1 Å². The number of nitriles is 1. The molecule has 0 aliphatic rings. The Labute approximate surface area is 168 Å². The Morgan fingerprint density at radius 3 is 2.20 bits per heavy atom. The molecule has 0 radical (unpaired) electrons. The second-order valence-electron chi connectivity index (χ2n) is 6.69. The molecule has 1 atom stereocenters. The predicted octanol–water partition coefficient (Wildman–Crippen LogP) is 2.31. The number of carbonyl (C=O) groups excluding carboxylic acids is 1. The summed E-state index contributed by atoms with van der Waals surface area (Å²) >= 11 is 0. The number of carbonyl (C=O) groups is 1. The van der Waals surface area contributed by atoms with Crippen LogP contribution in [0.5, 0.6) is 0 Å². The van der Waals surface area contributed by atoms with E-state index in [0.29, 0.717) is 17.1 Å². The second-order valence-corrected chi connectivity index (χ2v) is 8.60. The van der Waals surface area contributed by atoms with Gasteiger partial charge in [0.05, 0.1) is 17.5 Å². The molecule has 12 heteroatoms. The van der Waals surface area contributed by atoms with Gasteiger partial charge in [-0.15, -0.1) is 0 Å². The highest BCUT2D eigenvalue weighted by Gasteiger charge is 2.49. The molecule has 2 aromatic carbocycles. The van der Waals surface area contributed by atoms with E-state index < -0.39 is 37.1 Å². The van der Waals surface area contributed by atoms with Crippen LogP contribution in [0.2, 0.25) is 0 Å². The van der Waals surface area contributed by atoms with Crippen LogP contribution < -0.4 is 5.73 Å². The molecule has 0 bridgehead atoms. The first kappa shape index (κ1) is 21.3. The van der Waals surface area contributed by atoms with Crippen molar-refractivity contribution in [3.05, 3.63) is 53.6 Å². The van der Waals surface area contributed by atoms with E-state index in [0.717, 1.165) is 16.9 Å². The van der Waals surface area contributed by atoms with E-state index in [9.17, 15) is 31.6 Å². The number of fused-ring (bicyclic) bond motifs is 1. The van der Waals surface area contributed by atoms with Gasteiger partial charge in [-0.05, 0) is 42.8 Å². The van der Waals surface area contributed by atoms with Crippen LogP contribution in [0.3, 0.4) is 0 Å². The van der Waals surface area contributed by atoms with Gasteiger partial charge in [-0.2, -0.15) is 33.4 Å². The Hall–Kier alpha value is -3.46. The lowest BCUT2D eigenvalue weighted by Crippen LogP contribution is -2.33. The number of hydrogen-bond acceptors (Lipinski definition) is 6. The summed E-state index contributed by atoms with van der Waals surface area (Å²) in [6.45, 7) is 0.858. The van der Waals surface area contributed by atoms with Gasteiger partial charge in [0.2, 0.25) is 5.91 Å². The Kier molecular flexibility index (Phi) is 5.03. The maximum absolute atomic E-state index is 13.2. The van der Waals surface area contributed by atoms with Gasteiger partial charge in [0.25, 0.3) is 9.84 Å². The lowest BCUT2D eigenvalue weighted by atomic mass is 9.83. The van der Waals surface area contributed by atoms with Crippen LogP contribution in [0.1, 0.15) is 22.8 Å². The quantitative estimate of drug-likeness (QED) is 0.651. The third kappa shape index (κ3) is 3.59. The molecule has 0 aliphatic heterocycles. The smallest absolute Gasteiger partial charge is 0.366 e. The Morgan fingerprint density at radius 1 is 1.17 bits per heavy atom. The Morgan fingerprint density at radius 2 is 1.73 bits per heavy atom. The molecule has 30 heavy (non-hydrogen) atoms. The van der Waals surface area contributed by atoms with Gasteiger partial charge in [0.1, 0.15) is 16.4 Å². The number of benzene rings is 2. The van der Waals surface area contributed by atoms with Crippen LogP contribution in [0.25, 0.3) is 11.0 Å². The van der Waals surface area contributed by atoms with Gasteiger partial charge >= 0.3 is 5.51 Å². The molecule has 1 aromatic heterocycles. The Bertz CT molecular complexity index is 1260. The van der Waals surface area contributed by atoms with Gasteiger partial charge in [0.15, 0.2) is 0 Å². The number of amides is 1. The van der Waals surface area contributed by atoms with Crippen molar-refractivity contribution in [2.24, 2.45) is 5.73 Å². The molecule has 3 aromatic rings. The zero-order chi connectivity index (χ0) is 22.3. The minimum atomic E-state index is -5.81. The molecule has 0 saturated carbocycles. The summed E-state index contributed by atoms with van der Waals surface area (Å²) in [4.78, 5) is 11.5. The summed E-state index contributed by atoms with van der Waals surface area (Å²) in [5.41, 5.74) is -2.07. The molecule has 3 rings (SSSR count). The summed E-state index contributed by atoms with van der Waals surface area (Å²) in [6, 6.07) is 10.9. The van der Waals surface area contributed by atoms with Crippen molar-refractivity contribution in [3.63, 3.8) is 0 Å². The fourth-order valence-corrected chi connectivity index (χ4v) is 3.98. The number of aromatic nitrogens is 3. The zero-order valence-corrected chi connectivity index (χ0v) is 16.2. The number of primary amides is 1. The van der Waals surface area contributed by atoms with Crippen molar-refractivity contribution in [2.75, 3.05) is 0 Å². The number of nitrogens with two attached hydrogens (primary N) is 1. The molecule has 1 heterocycles. The van der Waals surface area contributed by atoms with E-state index in [1.165, 1.54) is 6.92 Å². The number of alkyl halides is 3. The molecule has 2 N–H and O–H groups in total.